The maximum atomic E-state index is 2.32. The minimum atomic E-state index is 0.867. The van der Waals surface area contributed by atoms with Crippen molar-refractivity contribution in [1.29, 1.82) is 0 Å². The van der Waals surface area contributed by atoms with E-state index in [4.69, 9.17) is 0 Å². The second kappa shape index (κ2) is 4.08. The predicted molar refractivity (Wildman–Crippen MR) is 66.8 cm³/mol. The third-order valence-electron chi connectivity index (χ3n) is 4.51. The average molecular weight is 203 g/mol. The fourth-order valence-corrected chi connectivity index (χ4v) is 3.25. The fourth-order valence-electron chi connectivity index (χ4n) is 3.25. The van der Waals surface area contributed by atoms with Gasteiger partial charge in [-0.2, -0.15) is 27.8 Å². The molecular formula is C15H23-. The van der Waals surface area contributed by atoms with Gasteiger partial charge in [-0.25, -0.2) is 0 Å². The van der Waals surface area contributed by atoms with Crippen molar-refractivity contribution >= 4 is 0 Å². The molecule has 84 valence electrons. The van der Waals surface area contributed by atoms with Crippen molar-refractivity contribution in [3.05, 3.63) is 27.8 Å². The summed E-state index contributed by atoms with van der Waals surface area (Å²) >= 11 is 0. The summed E-state index contributed by atoms with van der Waals surface area (Å²) in [6.45, 7) is 9.20. The van der Waals surface area contributed by atoms with Gasteiger partial charge in [-0.3, -0.25) is 0 Å². The first-order valence-electron chi connectivity index (χ1n) is 6.36. The van der Waals surface area contributed by atoms with Crippen molar-refractivity contribution < 1.29 is 0 Å². The third kappa shape index (κ3) is 1.75. The molecule has 0 amide bonds. The van der Waals surface area contributed by atoms with Gasteiger partial charge in [-0.1, -0.05) is 47.0 Å². The molecule has 0 unspecified atom stereocenters. The van der Waals surface area contributed by atoms with E-state index in [0.29, 0.717) is 0 Å². The van der Waals surface area contributed by atoms with Gasteiger partial charge in [0.05, 0.1) is 0 Å². The average Bonchev–Trinajstić information content (AvgIpc) is 2.45. The van der Waals surface area contributed by atoms with Crippen molar-refractivity contribution in [2.24, 2.45) is 0 Å². The molecular weight excluding hydrogens is 180 g/mol. The Labute approximate surface area is 94.1 Å². The van der Waals surface area contributed by atoms with E-state index in [-0.39, 0.29) is 0 Å². The van der Waals surface area contributed by atoms with Gasteiger partial charge >= 0.3 is 0 Å². The zero-order chi connectivity index (χ0) is 11.0. The summed E-state index contributed by atoms with van der Waals surface area (Å²) in [5, 5.41) is 0. The van der Waals surface area contributed by atoms with Crippen molar-refractivity contribution in [2.75, 3.05) is 0 Å². The van der Waals surface area contributed by atoms with Gasteiger partial charge in [0.15, 0.2) is 0 Å². The lowest BCUT2D eigenvalue weighted by atomic mass is 9.82. The Hall–Kier alpha value is -0.650. The summed E-state index contributed by atoms with van der Waals surface area (Å²) in [4.78, 5) is 0. The summed E-state index contributed by atoms with van der Waals surface area (Å²) in [5.74, 6) is 0.867. The molecule has 0 aromatic heterocycles. The second-order valence-electron chi connectivity index (χ2n) is 5.25. The van der Waals surface area contributed by atoms with Crippen molar-refractivity contribution in [3.8, 4) is 0 Å². The van der Waals surface area contributed by atoms with Gasteiger partial charge in [0.1, 0.15) is 0 Å². The maximum absolute atomic E-state index is 2.32. The normalized spacial score (nSPS) is 18.4. The van der Waals surface area contributed by atoms with E-state index in [1.54, 1.807) is 16.7 Å². The van der Waals surface area contributed by atoms with Crippen LogP contribution < -0.4 is 0 Å². The maximum Gasteiger partial charge on any atom is -0.0390 e. The Morgan fingerprint density at radius 1 is 0.933 bits per heavy atom. The highest BCUT2D eigenvalue weighted by Gasteiger charge is 2.16. The van der Waals surface area contributed by atoms with E-state index < -0.39 is 0 Å². The molecule has 1 aliphatic carbocycles. The minimum absolute atomic E-state index is 0.867. The standard InChI is InChI=1S/C15H23/c1-10-11(2)13(4)15(12(10)3)14-8-6-5-7-9-14/h14H,5-9H2,1-4H3/q-1. The summed E-state index contributed by atoms with van der Waals surface area (Å²) in [6, 6.07) is 0. The van der Waals surface area contributed by atoms with Crippen LogP contribution in [0.15, 0.2) is 0 Å². The highest BCUT2D eigenvalue weighted by molar-refractivity contribution is 5.51. The van der Waals surface area contributed by atoms with Crippen LogP contribution in [0.4, 0.5) is 0 Å². The molecule has 0 N–H and O–H groups in total. The Bertz CT molecular complexity index is 323. The van der Waals surface area contributed by atoms with Gasteiger partial charge in [-0.15, -0.1) is 0 Å². The highest BCUT2D eigenvalue weighted by atomic mass is 14.3. The van der Waals surface area contributed by atoms with E-state index in [9.17, 15) is 0 Å². The molecule has 0 radical (unpaired) electrons. The Morgan fingerprint density at radius 2 is 1.53 bits per heavy atom. The molecule has 1 aliphatic rings. The SMILES string of the molecule is Cc1c(C)c(C2CCCCC2)[c-](C)c1C. The van der Waals surface area contributed by atoms with Crippen LogP contribution in [0.1, 0.15) is 65.8 Å². The van der Waals surface area contributed by atoms with E-state index in [2.05, 4.69) is 27.7 Å². The lowest BCUT2D eigenvalue weighted by Gasteiger charge is -2.27. The van der Waals surface area contributed by atoms with Gasteiger partial charge in [0.2, 0.25) is 0 Å². The Morgan fingerprint density at radius 3 is 2.00 bits per heavy atom. The number of hydrogen-bond acceptors (Lipinski definition) is 0. The molecule has 0 nitrogen and oxygen atoms in total. The summed E-state index contributed by atoms with van der Waals surface area (Å²) in [5.41, 5.74) is 7.93. The van der Waals surface area contributed by atoms with Gasteiger partial charge in [0, 0.05) is 0 Å². The Kier molecular flexibility index (Phi) is 2.95. The summed E-state index contributed by atoms with van der Waals surface area (Å²) in [7, 11) is 0. The number of hydrogen-bond donors (Lipinski definition) is 0. The van der Waals surface area contributed by atoms with Gasteiger partial charge in [0.25, 0.3) is 0 Å². The quantitative estimate of drug-likeness (QED) is 0.581. The molecule has 0 atom stereocenters. The first-order chi connectivity index (χ1) is 7.13. The molecule has 0 saturated heterocycles. The molecule has 1 aromatic carbocycles. The van der Waals surface area contributed by atoms with Crippen LogP contribution in [-0.4, -0.2) is 0 Å². The molecule has 0 aliphatic heterocycles. The van der Waals surface area contributed by atoms with Crippen molar-refractivity contribution in [1.82, 2.24) is 0 Å². The van der Waals surface area contributed by atoms with Crippen LogP contribution >= 0.6 is 0 Å². The zero-order valence-corrected chi connectivity index (χ0v) is 10.6. The zero-order valence-electron chi connectivity index (χ0n) is 10.6. The molecule has 15 heavy (non-hydrogen) atoms. The van der Waals surface area contributed by atoms with Crippen LogP contribution in [0.3, 0.4) is 0 Å². The van der Waals surface area contributed by atoms with Crippen molar-refractivity contribution in [3.63, 3.8) is 0 Å². The van der Waals surface area contributed by atoms with E-state index in [0.717, 1.165) is 5.92 Å². The van der Waals surface area contributed by atoms with E-state index in [1.165, 1.54) is 43.2 Å². The van der Waals surface area contributed by atoms with E-state index >= 15 is 0 Å². The van der Waals surface area contributed by atoms with Crippen molar-refractivity contribution in [2.45, 2.75) is 65.7 Å². The lowest BCUT2D eigenvalue weighted by molar-refractivity contribution is 0.442. The first kappa shape index (κ1) is 10.9. The smallest absolute Gasteiger partial charge is 0.0390 e. The molecule has 1 aromatic rings. The molecule has 0 spiro atoms. The van der Waals surface area contributed by atoms with Crippen LogP contribution in [0.25, 0.3) is 0 Å². The molecule has 1 saturated carbocycles. The lowest BCUT2D eigenvalue weighted by Crippen LogP contribution is -2.06. The number of rotatable bonds is 1. The summed E-state index contributed by atoms with van der Waals surface area (Å²) in [6.07, 6.45) is 7.17. The molecule has 2 rings (SSSR count). The molecule has 0 bridgehead atoms. The molecule has 1 fully saturated rings. The minimum Gasteiger partial charge on any atom is -0.196 e. The van der Waals surface area contributed by atoms with Gasteiger partial charge in [-0.05, 0) is 18.8 Å². The largest absolute Gasteiger partial charge is 0.196 e. The van der Waals surface area contributed by atoms with E-state index in [1.807, 2.05) is 0 Å². The summed E-state index contributed by atoms with van der Waals surface area (Å²) < 4.78 is 0. The third-order valence-corrected chi connectivity index (χ3v) is 4.51. The second-order valence-corrected chi connectivity index (χ2v) is 5.25. The van der Waals surface area contributed by atoms with Crippen LogP contribution in [0.5, 0.6) is 0 Å². The molecule has 0 heterocycles. The van der Waals surface area contributed by atoms with Crippen LogP contribution in [0.2, 0.25) is 0 Å². The Balaban J connectivity index is 2.38. The van der Waals surface area contributed by atoms with Crippen LogP contribution in [-0.2, 0) is 0 Å². The van der Waals surface area contributed by atoms with Gasteiger partial charge < -0.3 is 0 Å². The monoisotopic (exact) mass is 203 g/mol. The fraction of sp³-hybridized carbons (Fsp3) is 0.667. The first-order valence-corrected chi connectivity index (χ1v) is 6.36. The van der Waals surface area contributed by atoms with Crippen LogP contribution in [0, 0.1) is 27.7 Å². The topological polar surface area (TPSA) is 0 Å². The highest BCUT2D eigenvalue weighted by Crippen LogP contribution is 2.39. The predicted octanol–water partition coefficient (Wildman–Crippen LogP) is 4.69. The molecule has 0 heteroatoms.